The first kappa shape index (κ1) is 28.7. The summed E-state index contributed by atoms with van der Waals surface area (Å²) < 4.78 is 5.37. The molecule has 206 valence electrons. The minimum Gasteiger partial charge on any atom is -0.444 e. The second-order valence-corrected chi connectivity index (χ2v) is 12.3. The topological polar surface area (TPSA) is 117 Å². The smallest absolute Gasteiger partial charge is 0.407 e. The third kappa shape index (κ3) is 7.81. The molecule has 3 fully saturated rings. The van der Waals surface area contributed by atoms with Gasteiger partial charge in [0.25, 0.3) is 0 Å². The van der Waals surface area contributed by atoms with E-state index in [0.29, 0.717) is 50.2 Å². The fourth-order valence-electron chi connectivity index (χ4n) is 6.52. The van der Waals surface area contributed by atoms with Crippen molar-refractivity contribution in [2.24, 2.45) is 35.5 Å². The summed E-state index contributed by atoms with van der Waals surface area (Å²) in [5, 5.41) is 13.8. The molecule has 2 aliphatic carbocycles. The van der Waals surface area contributed by atoms with Crippen LogP contribution < -0.4 is 10.8 Å². The molecule has 0 spiro atoms. The zero-order valence-electron chi connectivity index (χ0n) is 22.8. The van der Waals surface area contributed by atoms with Crippen molar-refractivity contribution in [2.75, 3.05) is 26.7 Å². The number of nitrogens with one attached hydrogen (secondary N) is 2. The molecule has 1 saturated heterocycles. The highest BCUT2D eigenvalue weighted by Gasteiger charge is 2.44. The molecule has 9 nitrogen and oxygen atoms in total. The highest BCUT2D eigenvalue weighted by atomic mass is 16.6. The predicted octanol–water partition coefficient (Wildman–Crippen LogP) is 3.26. The van der Waals surface area contributed by atoms with Crippen LogP contribution in [0.5, 0.6) is 0 Å². The van der Waals surface area contributed by atoms with Crippen molar-refractivity contribution in [1.82, 2.24) is 15.7 Å². The van der Waals surface area contributed by atoms with Crippen LogP contribution in [0.25, 0.3) is 0 Å². The maximum absolute atomic E-state index is 13.4. The van der Waals surface area contributed by atoms with E-state index >= 15 is 0 Å². The van der Waals surface area contributed by atoms with Gasteiger partial charge in [-0.1, -0.05) is 19.8 Å². The van der Waals surface area contributed by atoms with E-state index < -0.39 is 23.5 Å². The van der Waals surface area contributed by atoms with Crippen molar-refractivity contribution in [2.45, 2.75) is 90.8 Å². The lowest BCUT2D eigenvalue weighted by atomic mass is 9.71. The largest absolute Gasteiger partial charge is 0.444 e. The summed E-state index contributed by atoms with van der Waals surface area (Å²) in [6.07, 6.45) is 6.35. The van der Waals surface area contributed by atoms with Crippen LogP contribution in [-0.2, 0) is 19.2 Å². The van der Waals surface area contributed by atoms with E-state index in [9.17, 15) is 19.5 Å². The van der Waals surface area contributed by atoms with Gasteiger partial charge in [0.2, 0.25) is 11.8 Å². The van der Waals surface area contributed by atoms with Gasteiger partial charge in [0.1, 0.15) is 5.60 Å². The molecular formula is C27H47N3O6. The van der Waals surface area contributed by atoms with Crippen LogP contribution in [0.4, 0.5) is 4.79 Å². The Kier molecular flexibility index (Phi) is 10.0. The van der Waals surface area contributed by atoms with Crippen LogP contribution in [0.1, 0.15) is 79.1 Å². The van der Waals surface area contributed by atoms with Gasteiger partial charge >= 0.3 is 6.09 Å². The molecule has 3 N–H and O–H groups in total. The Morgan fingerprint density at radius 2 is 1.64 bits per heavy atom. The Morgan fingerprint density at radius 1 is 0.972 bits per heavy atom. The normalized spacial score (nSPS) is 32.0. The Balaban J connectivity index is 1.48. The summed E-state index contributed by atoms with van der Waals surface area (Å²) in [5.41, 5.74) is 1.83. The van der Waals surface area contributed by atoms with Gasteiger partial charge in [-0.05, 0) is 83.0 Å². The fourth-order valence-corrected chi connectivity index (χ4v) is 6.52. The number of hydroxylamine groups is 1. The van der Waals surface area contributed by atoms with E-state index in [0.717, 1.165) is 25.7 Å². The minimum atomic E-state index is -0.988. The van der Waals surface area contributed by atoms with Gasteiger partial charge in [0.15, 0.2) is 0 Å². The molecule has 0 aromatic rings. The van der Waals surface area contributed by atoms with Gasteiger partial charge in [0, 0.05) is 19.6 Å². The molecular weight excluding hydrogens is 462 g/mol. The van der Waals surface area contributed by atoms with E-state index in [4.69, 9.17) is 9.57 Å². The van der Waals surface area contributed by atoms with E-state index in [1.807, 2.05) is 32.6 Å². The van der Waals surface area contributed by atoms with Crippen molar-refractivity contribution in [3.8, 4) is 0 Å². The second-order valence-electron chi connectivity index (χ2n) is 12.3. The average molecular weight is 510 g/mol. The lowest BCUT2D eigenvalue weighted by molar-refractivity contribution is -0.153. The monoisotopic (exact) mass is 509 g/mol. The molecule has 0 aromatic carbocycles. The average Bonchev–Trinajstić information content (AvgIpc) is 2.83. The van der Waals surface area contributed by atoms with Crippen molar-refractivity contribution in [3.63, 3.8) is 0 Å². The summed E-state index contributed by atoms with van der Waals surface area (Å²) in [5.74, 6) is 0.278. The van der Waals surface area contributed by atoms with Gasteiger partial charge in [0.05, 0.1) is 25.0 Å². The number of amides is 3. The summed E-state index contributed by atoms with van der Waals surface area (Å²) in [7, 11) is 1.37. The van der Waals surface area contributed by atoms with Crippen LogP contribution in [0.2, 0.25) is 0 Å². The van der Waals surface area contributed by atoms with Crippen LogP contribution in [0.15, 0.2) is 0 Å². The standard InChI is InChI=1S/C27H47N3O6/c1-17-13-21(24(32)29-35-5)23(31)22(14-17)25(33)30-11-9-19(10-12-30)20-8-6-7-18(15-20)16-28-26(34)36-27(2,3)4/h17-23,31H,6-16H2,1-5H3,(H,28,34)(H,29,32). The van der Waals surface area contributed by atoms with E-state index in [1.165, 1.54) is 20.0 Å². The lowest BCUT2D eigenvalue weighted by Gasteiger charge is -2.42. The number of rotatable bonds is 6. The van der Waals surface area contributed by atoms with Crippen LogP contribution in [0.3, 0.4) is 0 Å². The Morgan fingerprint density at radius 3 is 2.28 bits per heavy atom. The second kappa shape index (κ2) is 12.6. The fraction of sp³-hybridized carbons (Fsp3) is 0.889. The maximum Gasteiger partial charge on any atom is 0.407 e. The predicted molar refractivity (Wildman–Crippen MR) is 136 cm³/mol. The zero-order chi connectivity index (χ0) is 26.5. The molecule has 6 unspecified atom stereocenters. The molecule has 9 heteroatoms. The number of likely N-dealkylation sites (tertiary alicyclic amines) is 1. The van der Waals surface area contributed by atoms with Gasteiger partial charge < -0.3 is 20.1 Å². The molecule has 0 radical (unpaired) electrons. The molecule has 3 aliphatic rings. The van der Waals surface area contributed by atoms with Crippen molar-refractivity contribution < 1.29 is 29.1 Å². The number of hydrogen-bond acceptors (Lipinski definition) is 6. The van der Waals surface area contributed by atoms with Crippen LogP contribution in [-0.4, -0.2) is 66.4 Å². The number of aliphatic hydroxyl groups excluding tert-OH is 1. The van der Waals surface area contributed by atoms with E-state index in [-0.39, 0.29) is 23.8 Å². The lowest BCUT2D eigenvalue weighted by Crippen LogP contribution is -2.52. The first-order chi connectivity index (χ1) is 17.0. The Hall–Kier alpha value is -1.87. The number of nitrogens with zero attached hydrogens (tertiary/aromatic N) is 1. The zero-order valence-corrected chi connectivity index (χ0v) is 22.8. The number of aliphatic hydroxyl groups is 1. The Bertz CT molecular complexity index is 761. The summed E-state index contributed by atoms with van der Waals surface area (Å²) in [4.78, 5) is 44.4. The third-order valence-electron chi connectivity index (χ3n) is 8.27. The molecule has 6 atom stereocenters. The summed E-state index contributed by atoms with van der Waals surface area (Å²) in [6, 6.07) is 0. The van der Waals surface area contributed by atoms with Gasteiger partial charge in [-0.2, -0.15) is 0 Å². The SMILES string of the molecule is CONC(=O)C1CC(C)CC(C(=O)N2CCC(C3CCCC(CNC(=O)OC(C)(C)C)C3)CC2)C1O. The number of alkyl carbamates (subject to hydrolysis) is 1. The van der Waals surface area contributed by atoms with Gasteiger partial charge in [-0.3, -0.25) is 14.4 Å². The van der Waals surface area contributed by atoms with E-state index in [1.54, 1.807) is 0 Å². The maximum atomic E-state index is 13.4. The molecule has 3 amide bonds. The highest BCUT2D eigenvalue weighted by molar-refractivity contribution is 5.83. The molecule has 1 aliphatic heterocycles. The van der Waals surface area contributed by atoms with Crippen LogP contribution in [0, 0.1) is 35.5 Å². The molecule has 1 heterocycles. The third-order valence-corrected chi connectivity index (χ3v) is 8.27. The highest BCUT2D eigenvalue weighted by Crippen LogP contribution is 2.40. The number of hydrogen-bond donors (Lipinski definition) is 3. The summed E-state index contributed by atoms with van der Waals surface area (Å²) >= 11 is 0. The molecule has 0 aromatic heterocycles. The van der Waals surface area contributed by atoms with Crippen molar-refractivity contribution in [1.29, 1.82) is 0 Å². The molecule has 0 bridgehead atoms. The van der Waals surface area contributed by atoms with Gasteiger partial charge in [-0.25, -0.2) is 10.3 Å². The number of carbonyl (C=O) groups is 3. The molecule has 36 heavy (non-hydrogen) atoms. The first-order valence-corrected chi connectivity index (χ1v) is 13.7. The number of ether oxygens (including phenoxy) is 1. The van der Waals surface area contributed by atoms with Crippen molar-refractivity contribution >= 4 is 17.9 Å². The first-order valence-electron chi connectivity index (χ1n) is 13.7. The Labute approximate surface area is 216 Å². The molecule has 3 rings (SSSR count). The molecule has 2 saturated carbocycles. The van der Waals surface area contributed by atoms with E-state index in [2.05, 4.69) is 10.8 Å². The van der Waals surface area contributed by atoms with Gasteiger partial charge in [-0.15, -0.1) is 0 Å². The van der Waals surface area contributed by atoms with Crippen molar-refractivity contribution in [3.05, 3.63) is 0 Å². The number of piperidine rings is 1. The number of carbonyl (C=O) groups excluding carboxylic acids is 3. The van der Waals surface area contributed by atoms with Crippen LogP contribution >= 0.6 is 0 Å². The quantitative estimate of drug-likeness (QED) is 0.473. The minimum absolute atomic E-state index is 0.0224. The summed E-state index contributed by atoms with van der Waals surface area (Å²) in [6.45, 7) is 9.69.